The van der Waals surface area contributed by atoms with Gasteiger partial charge in [-0.1, -0.05) is 23.2 Å². The van der Waals surface area contributed by atoms with Gasteiger partial charge in [-0.25, -0.2) is 0 Å². The molecule has 2 nitrogen and oxygen atoms in total. The van der Waals surface area contributed by atoms with Gasteiger partial charge in [-0.05, 0) is 37.0 Å². The number of thioether (sulfide) groups is 1. The van der Waals surface area contributed by atoms with Crippen molar-refractivity contribution in [3.63, 3.8) is 0 Å². The van der Waals surface area contributed by atoms with Crippen molar-refractivity contribution in [3.05, 3.63) is 20.3 Å². The zero-order valence-corrected chi connectivity index (χ0v) is 13.7. The van der Waals surface area contributed by atoms with Gasteiger partial charge in [-0.3, -0.25) is 0 Å². The number of rotatable bonds is 2. The Morgan fingerprint density at radius 3 is 2.95 bits per heavy atom. The van der Waals surface area contributed by atoms with Crippen LogP contribution in [0.25, 0.3) is 0 Å². The molecule has 0 aromatic carbocycles. The zero-order valence-electron chi connectivity index (χ0n) is 10.5. The molecule has 1 aromatic rings. The summed E-state index contributed by atoms with van der Waals surface area (Å²) in [6.45, 7) is 0.814. The summed E-state index contributed by atoms with van der Waals surface area (Å²) in [6.07, 6.45) is 3.21. The molecule has 0 aliphatic carbocycles. The fourth-order valence-electron chi connectivity index (χ4n) is 3.07. The Morgan fingerprint density at radius 1 is 1.47 bits per heavy atom. The number of hydrogen-bond acceptors (Lipinski definition) is 4. The molecular weight excluding hydrogens is 321 g/mol. The van der Waals surface area contributed by atoms with E-state index in [0.717, 1.165) is 41.5 Å². The third-order valence-corrected chi connectivity index (χ3v) is 6.89. The molecule has 3 heterocycles. The molecule has 106 valence electrons. The van der Waals surface area contributed by atoms with Crippen molar-refractivity contribution < 1.29 is 4.74 Å². The summed E-state index contributed by atoms with van der Waals surface area (Å²) in [4.78, 5) is 0. The fraction of sp³-hybridized carbons (Fsp3) is 0.692. The van der Waals surface area contributed by atoms with Crippen molar-refractivity contribution in [2.45, 2.75) is 30.9 Å². The Morgan fingerprint density at radius 2 is 2.32 bits per heavy atom. The van der Waals surface area contributed by atoms with Crippen LogP contribution in [0.2, 0.25) is 8.67 Å². The molecule has 1 spiro atoms. The van der Waals surface area contributed by atoms with Crippen LogP contribution in [0.4, 0.5) is 0 Å². The molecule has 1 aromatic heterocycles. The molecule has 2 N–H and O–H groups in total. The van der Waals surface area contributed by atoms with Crippen molar-refractivity contribution in [2.24, 2.45) is 11.7 Å². The minimum Gasteiger partial charge on any atom is -0.374 e. The third-order valence-electron chi connectivity index (χ3n) is 4.15. The molecule has 19 heavy (non-hydrogen) atoms. The first-order valence-electron chi connectivity index (χ1n) is 6.52. The topological polar surface area (TPSA) is 35.2 Å². The Balaban J connectivity index is 1.76. The molecule has 3 atom stereocenters. The van der Waals surface area contributed by atoms with E-state index >= 15 is 0 Å². The third kappa shape index (κ3) is 2.94. The summed E-state index contributed by atoms with van der Waals surface area (Å²) in [7, 11) is 0. The Hall–Kier alpha value is 0.550. The van der Waals surface area contributed by atoms with Crippen LogP contribution >= 0.6 is 46.3 Å². The number of ether oxygens (including phenoxy) is 1. The molecule has 0 amide bonds. The lowest BCUT2D eigenvalue weighted by molar-refractivity contribution is -0.0834. The largest absolute Gasteiger partial charge is 0.374 e. The van der Waals surface area contributed by atoms with E-state index in [4.69, 9.17) is 33.7 Å². The second kappa shape index (κ2) is 5.74. The Bertz CT molecular complexity index is 459. The van der Waals surface area contributed by atoms with Gasteiger partial charge in [0.1, 0.15) is 0 Å². The van der Waals surface area contributed by atoms with E-state index in [9.17, 15) is 0 Å². The second-order valence-corrected chi connectivity index (χ2v) is 8.78. The van der Waals surface area contributed by atoms with Crippen molar-refractivity contribution in [1.82, 2.24) is 0 Å². The molecule has 2 aliphatic heterocycles. The van der Waals surface area contributed by atoms with Gasteiger partial charge in [0.15, 0.2) is 0 Å². The van der Waals surface area contributed by atoms with Gasteiger partial charge < -0.3 is 10.5 Å². The van der Waals surface area contributed by atoms with Crippen LogP contribution in [0, 0.1) is 5.92 Å². The van der Waals surface area contributed by atoms with E-state index in [-0.39, 0.29) is 11.6 Å². The molecule has 6 heteroatoms. The van der Waals surface area contributed by atoms with Crippen LogP contribution < -0.4 is 5.73 Å². The maximum atomic E-state index is 6.44. The predicted octanol–water partition coefficient (Wildman–Crippen LogP) is 4.36. The number of hydrogen-bond donors (Lipinski definition) is 1. The zero-order chi connectivity index (χ0) is 13.5. The van der Waals surface area contributed by atoms with Crippen molar-refractivity contribution in [3.8, 4) is 0 Å². The van der Waals surface area contributed by atoms with Crippen LogP contribution in [0.3, 0.4) is 0 Å². The molecule has 0 saturated carbocycles. The summed E-state index contributed by atoms with van der Waals surface area (Å²) in [5, 5.41) is 0. The first-order valence-corrected chi connectivity index (χ1v) is 9.24. The molecule has 2 saturated heterocycles. The molecule has 0 radical (unpaired) electrons. The molecule has 0 bridgehead atoms. The minimum absolute atomic E-state index is 0.0253. The summed E-state index contributed by atoms with van der Waals surface area (Å²) in [5.41, 5.74) is 7.51. The van der Waals surface area contributed by atoms with E-state index in [0.29, 0.717) is 10.3 Å². The minimum atomic E-state index is -0.0253. The second-order valence-electron chi connectivity index (χ2n) is 5.39. The molecular formula is C13H17Cl2NOS2. The smallest absolute Gasteiger partial charge is 0.0991 e. The molecule has 3 rings (SSSR count). The van der Waals surface area contributed by atoms with Crippen LogP contribution in [0.15, 0.2) is 6.07 Å². The van der Waals surface area contributed by atoms with E-state index in [1.54, 1.807) is 0 Å². The summed E-state index contributed by atoms with van der Waals surface area (Å²) >= 11 is 15.6. The van der Waals surface area contributed by atoms with E-state index in [2.05, 4.69) is 0 Å². The van der Waals surface area contributed by atoms with Crippen molar-refractivity contribution in [2.75, 3.05) is 18.1 Å². The lowest BCUT2D eigenvalue weighted by atomic mass is 9.80. The highest BCUT2D eigenvalue weighted by atomic mass is 35.5. The van der Waals surface area contributed by atoms with Crippen LogP contribution in [0.5, 0.6) is 0 Å². The van der Waals surface area contributed by atoms with Gasteiger partial charge in [0.2, 0.25) is 0 Å². The van der Waals surface area contributed by atoms with E-state index < -0.39 is 0 Å². The van der Waals surface area contributed by atoms with Gasteiger partial charge in [0, 0.05) is 24.0 Å². The quantitative estimate of drug-likeness (QED) is 0.870. The highest BCUT2D eigenvalue weighted by Gasteiger charge is 2.42. The summed E-state index contributed by atoms with van der Waals surface area (Å²) in [6, 6.07) is 1.90. The fourth-order valence-corrected chi connectivity index (χ4v) is 6.02. The van der Waals surface area contributed by atoms with Crippen LogP contribution in [-0.4, -0.2) is 23.7 Å². The SMILES string of the molecule is NC(c1cc(Cl)sc1Cl)C1CCOC2(CCSC2)C1. The highest BCUT2D eigenvalue weighted by molar-refractivity contribution is 7.99. The maximum absolute atomic E-state index is 6.44. The van der Waals surface area contributed by atoms with Crippen molar-refractivity contribution in [1.29, 1.82) is 0 Å². The lowest BCUT2D eigenvalue weighted by Gasteiger charge is -2.40. The Labute approximate surface area is 132 Å². The summed E-state index contributed by atoms with van der Waals surface area (Å²) in [5.74, 6) is 2.75. The number of thiophene rings is 1. The predicted molar refractivity (Wildman–Crippen MR) is 84.6 cm³/mol. The first-order chi connectivity index (χ1) is 9.10. The van der Waals surface area contributed by atoms with Gasteiger partial charge in [0.05, 0.1) is 14.3 Å². The van der Waals surface area contributed by atoms with E-state index in [1.807, 2.05) is 17.8 Å². The maximum Gasteiger partial charge on any atom is 0.0991 e. The van der Waals surface area contributed by atoms with Gasteiger partial charge in [0.25, 0.3) is 0 Å². The highest BCUT2D eigenvalue weighted by Crippen LogP contribution is 2.45. The average Bonchev–Trinajstić information content (AvgIpc) is 2.96. The lowest BCUT2D eigenvalue weighted by Crippen LogP contribution is -2.42. The average molecular weight is 338 g/mol. The van der Waals surface area contributed by atoms with Crippen LogP contribution in [-0.2, 0) is 4.74 Å². The van der Waals surface area contributed by atoms with Crippen LogP contribution in [0.1, 0.15) is 30.9 Å². The van der Waals surface area contributed by atoms with Gasteiger partial charge >= 0.3 is 0 Å². The molecule has 3 unspecified atom stereocenters. The standard InChI is InChI=1S/C13H17Cl2NOS2/c14-10-5-9(12(15)19-10)11(16)8-1-3-17-13(6-8)2-4-18-7-13/h5,8,11H,1-4,6-7,16H2. The summed E-state index contributed by atoms with van der Waals surface area (Å²) < 4.78 is 7.50. The van der Waals surface area contributed by atoms with Crippen molar-refractivity contribution >= 4 is 46.3 Å². The monoisotopic (exact) mass is 337 g/mol. The number of halogens is 2. The van der Waals surface area contributed by atoms with Gasteiger partial charge in [-0.15, -0.1) is 11.3 Å². The normalized spacial score (nSPS) is 32.9. The van der Waals surface area contributed by atoms with E-state index in [1.165, 1.54) is 17.1 Å². The van der Waals surface area contributed by atoms with Gasteiger partial charge in [-0.2, -0.15) is 11.8 Å². The Kier molecular flexibility index (Phi) is 4.38. The molecule has 2 aliphatic rings. The first kappa shape index (κ1) is 14.5. The molecule has 2 fully saturated rings. The number of nitrogens with two attached hydrogens (primary N) is 1.